The topological polar surface area (TPSA) is 115 Å². The van der Waals surface area contributed by atoms with Gasteiger partial charge < -0.3 is 11.1 Å². The van der Waals surface area contributed by atoms with E-state index >= 15 is 0 Å². The molecule has 1 aromatic heterocycles. The molecule has 100 valence electrons. The highest BCUT2D eigenvalue weighted by molar-refractivity contribution is 5.94. The first-order chi connectivity index (χ1) is 8.30. The van der Waals surface area contributed by atoms with E-state index in [9.17, 15) is 9.59 Å². The highest BCUT2D eigenvalue weighted by atomic mass is 16.2. The Bertz CT molecular complexity index is 434. The largest absolute Gasteiger partial charge is 0.333 e. The van der Waals surface area contributed by atoms with Crippen molar-refractivity contribution in [1.29, 1.82) is 0 Å². The second kappa shape index (κ2) is 5.58. The quantitative estimate of drug-likeness (QED) is 0.663. The summed E-state index contributed by atoms with van der Waals surface area (Å²) in [5, 5.41) is 12.3. The van der Waals surface area contributed by atoms with Crippen molar-refractivity contribution in [1.82, 2.24) is 25.6 Å². The lowest BCUT2D eigenvalue weighted by Crippen LogP contribution is -2.48. The van der Waals surface area contributed by atoms with Crippen molar-refractivity contribution in [3.63, 3.8) is 0 Å². The second-order valence-electron chi connectivity index (χ2n) is 4.86. The zero-order valence-corrected chi connectivity index (χ0v) is 10.7. The van der Waals surface area contributed by atoms with Crippen molar-refractivity contribution in [2.45, 2.75) is 39.4 Å². The highest BCUT2D eigenvalue weighted by Gasteiger charge is 2.16. The van der Waals surface area contributed by atoms with E-state index in [1.807, 2.05) is 20.8 Å². The molecule has 8 heteroatoms. The number of hydrogen-bond acceptors (Lipinski definition) is 5. The molecule has 0 bridgehead atoms. The van der Waals surface area contributed by atoms with Crippen LogP contribution in [0.5, 0.6) is 0 Å². The fourth-order valence-corrected chi connectivity index (χ4v) is 1.19. The maximum absolute atomic E-state index is 11.5. The standard InChI is InChI=1S/C10H18N6O2/c1-10(2,3)13-9(18)12-8(17)6-16-5-7(4-11)14-15-16/h5H,4,6,11H2,1-3H3,(H2,12,13,17,18). The van der Waals surface area contributed by atoms with Crippen molar-refractivity contribution in [2.75, 3.05) is 0 Å². The first kappa shape index (κ1) is 14.1. The molecule has 4 N–H and O–H groups in total. The average Bonchev–Trinajstić information content (AvgIpc) is 2.61. The predicted octanol–water partition coefficient (Wildman–Crippen LogP) is -0.639. The predicted molar refractivity (Wildman–Crippen MR) is 64.3 cm³/mol. The zero-order valence-electron chi connectivity index (χ0n) is 10.7. The number of hydrogen-bond donors (Lipinski definition) is 3. The van der Waals surface area contributed by atoms with Crippen molar-refractivity contribution in [3.05, 3.63) is 11.9 Å². The Morgan fingerprint density at radius 3 is 2.61 bits per heavy atom. The number of nitrogens with zero attached hydrogens (tertiary/aromatic N) is 3. The van der Waals surface area contributed by atoms with Gasteiger partial charge in [-0.1, -0.05) is 5.21 Å². The number of imide groups is 1. The minimum Gasteiger partial charge on any atom is -0.333 e. The SMILES string of the molecule is CC(C)(C)NC(=O)NC(=O)Cn1cc(CN)nn1. The van der Waals surface area contributed by atoms with Gasteiger partial charge in [-0.15, -0.1) is 5.10 Å². The van der Waals surface area contributed by atoms with Gasteiger partial charge in [0.2, 0.25) is 5.91 Å². The molecule has 0 aliphatic carbocycles. The van der Waals surface area contributed by atoms with Crippen LogP contribution < -0.4 is 16.4 Å². The minimum atomic E-state index is -0.535. The minimum absolute atomic E-state index is 0.0788. The van der Waals surface area contributed by atoms with Gasteiger partial charge in [-0.05, 0) is 20.8 Å². The lowest BCUT2D eigenvalue weighted by Gasteiger charge is -2.20. The number of rotatable bonds is 3. The highest BCUT2D eigenvalue weighted by Crippen LogP contribution is 1.97. The van der Waals surface area contributed by atoms with Gasteiger partial charge in [-0.25, -0.2) is 9.48 Å². The van der Waals surface area contributed by atoms with Crippen molar-refractivity contribution < 1.29 is 9.59 Å². The number of urea groups is 1. The summed E-state index contributed by atoms with van der Waals surface area (Å²) in [5.41, 5.74) is 5.55. The molecule has 0 fully saturated rings. The van der Waals surface area contributed by atoms with Crippen LogP contribution >= 0.6 is 0 Å². The molecule has 0 aliphatic rings. The molecule has 3 amide bonds. The second-order valence-corrected chi connectivity index (χ2v) is 4.86. The molecular weight excluding hydrogens is 236 g/mol. The molecule has 0 atom stereocenters. The van der Waals surface area contributed by atoms with Crippen molar-refractivity contribution >= 4 is 11.9 Å². The van der Waals surface area contributed by atoms with E-state index in [1.54, 1.807) is 6.20 Å². The van der Waals surface area contributed by atoms with Gasteiger partial charge in [-0.2, -0.15) is 0 Å². The number of nitrogens with two attached hydrogens (primary N) is 1. The summed E-state index contributed by atoms with van der Waals surface area (Å²) < 4.78 is 1.32. The maximum Gasteiger partial charge on any atom is 0.321 e. The summed E-state index contributed by atoms with van der Waals surface area (Å²) in [4.78, 5) is 22.9. The van der Waals surface area contributed by atoms with E-state index in [1.165, 1.54) is 4.68 Å². The maximum atomic E-state index is 11.5. The lowest BCUT2D eigenvalue weighted by atomic mass is 10.1. The summed E-state index contributed by atoms with van der Waals surface area (Å²) in [6.07, 6.45) is 1.56. The Balaban J connectivity index is 2.44. The third-order valence-electron chi connectivity index (χ3n) is 1.84. The van der Waals surface area contributed by atoms with Crippen LogP contribution in [0.15, 0.2) is 6.20 Å². The Kier molecular flexibility index (Phi) is 4.38. The molecule has 0 aromatic carbocycles. The normalized spacial score (nSPS) is 11.1. The number of nitrogens with one attached hydrogen (secondary N) is 2. The molecular formula is C10H18N6O2. The number of aromatic nitrogens is 3. The molecule has 18 heavy (non-hydrogen) atoms. The number of amides is 3. The van der Waals surface area contributed by atoms with Gasteiger partial charge in [0.05, 0.1) is 11.9 Å². The first-order valence-corrected chi connectivity index (χ1v) is 5.51. The summed E-state index contributed by atoms with van der Waals surface area (Å²) in [5.74, 6) is -0.467. The van der Waals surface area contributed by atoms with Gasteiger partial charge in [-0.3, -0.25) is 10.1 Å². The van der Waals surface area contributed by atoms with Crippen LogP contribution in [-0.2, 0) is 17.9 Å². The third-order valence-corrected chi connectivity index (χ3v) is 1.84. The molecule has 0 radical (unpaired) electrons. The van der Waals surface area contributed by atoms with Crippen molar-refractivity contribution in [3.8, 4) is 0 Å². The van der Waals surface area contributed by atoms with Crippen LogP contribution in [0.3, 0.4) is 0 Å². The summed E-state index contributed by atoms with van der Waals surface area (Å²) in [6.45, 7) is 5.64. The molecule has 1 rings (SSSR count). The molecule has 0 saturated carbocycles. The van der Waals surface area contributed by atoms with Gasteiger partial charge in [0.25, 0.3) is 0 Å². The zero-order chi connectivity index (χ0) is 13.8. The van der Waals surface area contributed by atoms with Crippen LogP contribution in [0, 0.1) is 0 Å². The Labute approximate surface area is 105 Å². The monoisotopic (exact) mass is 254 g/mol. The van der Waals surface area contributed by atoms with Crippen molar-refractivity contribution in [2.24, 2.45) is 5.73 Å². The Morgan fingerprint density at radius 1 is 1.44 bits per heavy atom. The molecule has 1 aromatic rings. The summed E-state index contributed by atoms with van der Waals surface area (Å²) >= 11 is 0. The lowest BCUT2D eigenvalue weighted by molar-refractivity contribution is -0.120. The summed E-state index contributed by atoms with van der Waals surface area (Å²) in [7, 11) is 0. The van der Waals surface area contributed by atoms with E-state index in [0.29, 0.717) is 5.69 Å². The molecule has 0 spiro atoms. The number of carbonyl (C=O) groups is 2. The third kappa shape index (κ3) is 4.91. The van der Waals surface area contributed by atoms with E-state index in [0.717, 1.165) is 0 Å². The fourth-order valence-electron chi connectivity index (χ4n) is 1.19. The Hall–Kier alpha value is -1.96. The van der Waals surface area contributed by atoms with E-state index in [-0.39, 0.29) is 13.1 Å². The van der Waals surface area contributed by atoms with Gasteiger partial charge in [0.15, 0.2) is 0 Å². The van der Waals surface area contributed by atoms with Crippen LogP contribution in [0.1, 0.15) is 26.5 Å². The molecule has 1 heterocycles. The van der Waals surface area contributed by atoms with Gasteiger partial charge in [0.1, 0.15) is 6.54 Å². The van der Waals surface area contributed by atoms with E-state index < -0.39 is 17.5 Å². The van der Waals surface area contributed by atoms with Crippen LogP contribution in [0.4, 0.5) is 4.79 Å². The molecule has 8 nitrogen and oxygen atoms in total. The first-order valence-electron chi connectivity index (χ1n) is 5.51. The van der Waals surface area contributed by atoms with Crippen LogP contribution in [0.25, 0.3) is 0 Å². The van der Waals surface area contributed by atoms with Crippen LogP contribution in [0.2, 0.25) is 0 Å². The molecule has 0 saturated heterocycles. The van der Waals surface area contributed by atoms with Gasteiger partial charge >= 0.3 is 6.03 Å². The molecule has 0 aliphatic heterocycles. The van der Waals surface area contributed by atoms with E-state index in [2.05, 4.69) is 20.9 Å². The van der Waals surface area contributed by atoms with E-state index in [4.69, 9.17) is 5.73 Å². The fraction of sp³-hybridized carbons (Fsp3) is 0.600. The average molecular weight is 254 g/mol. The smallest absolute Gasteiger partial charge is 0.321 e. The van der Waals surface area contributed by atoms with Gasteiger partial charge in [0, 0.05) is 12.1 Å². The number of carbonyl (C=O) groups excluding carboxylic acids is 2. The summed E-state index contributed by atoms with van der Waals surface area (Å²) in [6, 6.07) is -0.535. The van der Waals surface area contributed by atoms with Crippen LogP contribution in [-0.4, -0.2) is 32.5 Å². The molecule has 0 unspecified atom stereocenters. The Morgan fingerprint density at radius 2 is 2.11 bits per heavy atom.